The summed E-state index contributed by atoms with van der Waals surface area (Å²) in [4.78, 5) is 0. The van der Waals surface area contributed by atoms with Crippen LogP contribution in [0.15, 0.2) is 24.3 Å². The highest BCUT2D eigenvalue weighted by Crippen LogP contribution is 2.30. The molecular formula is C15H23ClNO2+. The minimum absolute atomic E-state index is 0.221. The summed E-state index contributed by atoms with van der Waals surface area (Å²) < 4.78 is 5.65. The van der Waals surface area contributed by atoms with Gasteiger partial charge in [0.05, 0.1) is 12.2 Å². The third-order valence-corrected chi connectivity index (χ3v) is 3.88. The van der Waals surface area contributed by atoms with E-state index < -0.39 is 5.60 Å². The van der Waals surface area contributed by atoms with Gasteiger partial charge in [0.2, 0.25) is 0 Å². The summed E-state index contributed by atoms with van der Waals surface area (Å²) in [7, 11) is 0. The molecule has 1 aliphatic rings. The number of ether oxygens (including phenoxy) is 1. The van der Waals surface area contributed by atoms with E-state index in [2.05, 4.69) is 5.32 Å². The SMILES string of the molecule is CC1(C)C[C@](O)(C[NH2+]Cc2ccc(Cl)cc2)CCO1. The predicted octanol–water partition coefficient (Wildman–Crippen LogP) is 1.72. The summed E-state index contributed by atoms with van der Waals surface area (Å²) in [6, 6.07) is 7.85. The second kappa shape index (κ2) is 5.80. The molecule has 1 saturated heterocycles. The first kappa shape index (κ1) is 14.8. The minimum Gasteiger partial charge on any atom is -0.384 e. The fourth-order valence-corrected chi connectivity index (χ4v) is 2.88. The second-order valence-electron chi connectivity index (χ2n) is 6.08. The van der Waals surface area contributed by atoms with Crippen molar-refractivity contribution < 1.29 is 15.2 Å². The maximum atomic E-state index is 10.6. The molecule has 1 aromatic carbocycles. The average molecular weight is 285 g/mol. The van der Waals surface area contributed by atoms with E-state index in [9.17, 15) is 5.11 Å². The molecule has 3 nitrogen and oxygen atoms in total. The maximum Gasteiger partial charge on any atom is 0.118 e. The van der Waals surface area contributed by atoms with Crippen LogP contribution in [0.2, 0.25) is 5.02 Å². The Morgan fingerprint density at radius 2 is 2.00 bits per heavy atom. The summed E-state index contributed by atoms with van der Waals surface area (Å²) >= 11 is 5.86. The molecule has 0 radical (unpaired) electrons. The molecule has 1 aliphatic heterocycles. The van der Waals surface area contributed by atoms with Crippen LogP contribution < -0.4 is 5.32 Å². The van der Waals surface area contributed by atoms with Gasteiger partial charge in [-0.1, -0.05) is 23.7 Å². The molecule has 0 spiro atoms. The number of aliphatic hydroxyl groups is 1. The summed E-state index contributed by atoms with van der Waals surface area (Å²) in [5.74, 6) is 0. The fraction of sp³-hybridized carbons (Fsp3) is 0.600. The van der Waals surface area contributed by atoms with Gasteiger partial charge in [0.15, 0.2) is 0 Å². The van der Waals surface area contributed by atoms with Crippen LogP contribution >= 0.6 is 11.6 Å². The molecule has 1 heterocycles. The van der Waals surface area contributed by atoms with Crippen LogP contribution in [0.4, 0.5) is 0 Å². The molecule has 4 heteroatoms. The van der Waals surface area contributed by atoms with E-state index in [4.69, 9.17) is 16.3 Å². The quantitative estimate of drug-likeness (QED) is 0.884. The van der Waals surface area contributed by atoms with E-state index in [0.717, 1.165) is 11.6 Å². The van der Waals surface area contributed by atoms with Crippen LogP contribution in [0, 0.1) is 0 Å². The Morgan fingerprint density at radius 1 is 1.32 bits per heavy atom. The van der Waals surface area contributed by atoms with E-state index in [1.165, 1.54) is 5.56 Å². The van der Waals surface area contributed by atoms with E-state index >= 15 is 0 Å². The Bertz CT molecular complexity index is 419. The van der Waals surface area contributed by atoms with Gasteiger partial charge in [-0.3, -0.25) is 0 Å². The van der Waals surface area contributed by atoms with Crippen LogP contribution in [0.5, 0.6) is 0 Å². The van der Waals surface area contributed by atoms with Crippen LogP contribution in [0.1, 0.15) is 32.3 Å². The highest BCUT2D eigenvalue weighted by Gasteiger charge is 2.40. The molecule has 0 aliphatic carbocycles. The van der Waals surface area contributed by atoms with Gasteiger partial charge in [0.1, 0.15) is 18.7 Å². The van der Waals surface area contributed by atoms with Gasteiger partial charge >= 0.3 is 0 Å². The molecule has 0 saturated carbocycles. The molecule has 2 rings (SSSR count). The lowest BCUT2D eigenvalue weighted by Crippen LogP contribution is -2.87. The molecule has 19 heavy (non-hydrogen) atoms. The number of hydrogen-bond acceptors (Lipinski definition) is 2. The first-order chi connectivity index (χ1) is 8.89. The molecule has 0 unspecified atom stereocenters. The number of nitrogens with two attached hydrogens (primary N) is 1. The number of hydrogen-bond donors (Lipinski definition) is 2. The van der Waals surface area contributed by atoms with Crippen LogP contribution in [-0.4, -0.2) is 29.5 Å². The Kier molecular flexibility index (Phi) is 4.51. The molecule has 0 bridgehead atoms. The van der Waals surface area contributed by atoms with Crippen molar-refractivity contribution in [2.45, 2.75) is 44.4 Å². The monoisotopic (exact) mass is 284 g/mol. The first-order valence-corrected chi connectivity index (χ1v) is 7.19. The standard InChI is InChI=1S/C15H22ClNO2/c1-14(2)10-15(18,7-8-19-14)11-17-9-12-3-5-13(16)6-4-12/h3-6,17-18H,7-11H2,1-2H3/p+1/t15-/m0/s1. The van der Waals surface area contributed by atoms with Gasteiger partial charge in [-0.05, 0) is 26.0 Å². The lowest BCUT2D eigenvalue weighted by molar-refractivity contribution is -0.683. The van der Waals surface area contributed by atoms with Crippen molar-refractivity contribution in [3.05, 3.63) is 34.9 Å². The highest BCUT2D eigenvalue weighted by molar-refractivity contribution is 6.30. The highest BCUT2D eigenvalue weighted by atomic mass is 35.5. The van der Waals surface area contributed by atoms with Crippen molar-refractivity contribution in [1.29, 1.82) is 0 Å². The molecule has 0 amide bonds. The molecule has 0 aromatic heterocycles. The van der Waals surface area contributed by atoms with Gasteiger partial charge in [0.25, 0.3) is 0 Å². The van der Waals surface area contributed by atoms with Gasteiger partial charge in [-0.25, -0.2) is 0 Å². The Labute approximate surface area is 119 Å². The van der Waals surface area contributed by atoms with Gasteiger partial charge in [-0.15, -0.1) is 0 Å². The number of halogens is 1. The summed E-state index contributed by atoms with van der Waals surface area (Å²) in [6.45, 7) is 6.29. The van der Waals surface area contributed by atoms with Crippen LogP contribution in [0.3, 0.4) is 0 Å². The van der Waals surface area contributed by atoms with Crippen molar-refractivity contribution in [2.75, 3.05) is 13.2 Å². The second-order valence-corrected chi connectivity index (χ2v) is 6.52. The van der Waals surface area contributed by atoms with Gasteiger partial charge in [-0.2, -0.15) is 0 Å². The number of benzene rings is 1. The van der Waals surface area contributed by atoms with Crippen LogP contribution in [-0.2, 0) is 11.3 Å². The minimum atomic E-state index is -0.617. The summed E-state index contributed by atoms with van der Waals surface area (Å²) in [6.07, 6.45) is 1.41. The zero-order chi connectivity index (χ0) is 13.9. The predicted molar refractivity (Wildman–Crippen MR) is 76.2 cm³/mol. The lowest BCUT2D eigenvalue weighted by atomic mass is 9.84. The first-order valence-electron chi connectivity index (χ1n) is 6.81. The molecule has 3 N–H and O–H groups in total. The topological polar surface area (TPSA) is 46.1 Å². The third kappa shape index (κ3) is 4.46. The molecule has 1 fully saturated rings. The number of rotatable bonds is 4. The lowest BCUT2D eigenvalue weighted by Gasteiger charge is -2.40. The molecule has 106 valence electrons. The van der Waals surface area contributed by atoms with Crippen molar-refractivity contribution in [3.63, 3.8) is 0 Å². The third-order valence-electron chi connectivity index (χ3n) is 3.63. The van der Waals surface area contributed by atoms with E-state index in [-0.39, 0.29) is 5.60 Å². The van der Waals surface area contributed by atoms with Gasteiger partial charge in [0, 0.05) is 23.4 Å². The normalized spacial score (nSPS) is 26.3. The summed E-state index contributed by atoms with van der Waals surface area (Å²) in [5.41, 5.74) is 0.384. The van der Waals surface area contributed by atoms with Crippen molar-refractivity contribution >= 4 is 11.6 Å². The van der Waals surface area contributed by atoms with Crippen molar-refractivity contribution in [2.24, 2.45) is 0 Å². The number of quaternary nitrogens is 1. The molecular weight excluding hydrogens is 262 g/mol. The van der Waals surface area contributed by atoms with Gasteiger partial charge < -0.3 is 15.2 Å². The largest absolute Gasteiger partial charge is 0.384 e. The molecule has 1 atom stereocenters. The van der Waals surface area contributed by atoms with E-state index in [1.54, 1.807) is 0 Å². The van der Waals surface area contributed by atoms with Crippen molar-refractivity contribution in [1.82, 2.24) is 0 Å². The zero-order valence-corrected chi connectivity index (χ0v) is 12.4. The Hall–Kier alpha value is -0.610. The van der Waals surface area contributed by atoms with E-state index in [1.807, 2.05) is 38.1 Å². The molecule has 1 aromatic rings. The fourth-order valence-electron chi connectivity index (χ4n) is 2.75. The Balaban J connectivity index is 1.83. The van der Waals surface area contributed by atoms with E-state index in [0.29, 0.717) is 26.0 Å². The maximum absolute atomic E-state index is 10.6. The Morgan fingerprint density at radius 3 is 2.63 bits per heavy atom. The summed E-state index contributed by atoms with van der Waals surface area (Å²) in [5, 5.41) is 13.5. The smallest absolute Gasteiger partial charge is 0.118 e. The van der Waals surface area contributed by atoms with Crippen LogP contribution in [0.25, 0.3) is 0 Å². The van der Waals surface area contributed by atoms with Crippen molar-refractivity contribution in [3.8, 4) is 0 Å². The average Bonchev–Trinajstić information content (AvgIpc) is 2.30. The zero-order valence-electron chi connectivity index (χ0n) is 11.7.